The predicted molar refractivity (Wildman–Crippen MR) is 77.4 cm³/mol. The van der Waals surface area contributed by atoms with Gasteiger partial charge in [-0.1, -0.05) is 19.6 Å². The molecule has 1 unspecified atom stereocenters. The van der Waals surface area contributed by atoms with E-state index < -0.39 is 8.07 Å². The Morgan fingerprint density at radius 1 is 1.19 bits per heavy atom. The average Bonchev–Trinajstić information content (AvgIpc) is 2.10. The Hall–Kier alpha value is -0.253. The molecule has 0 amide bonds. The first-order valence-corrected chi connectivity index (χ1v) is 9.61. The number of likely N-dealkylation sites (N-methyl/N-ethyl adjacent to an activating group) is 2. The summed E-state index contributed by atoms with van der Waals surface area (Å²) in [5.74, 6) is 0. The van der Waals surface area contributed by atoms with Crippen molar-refractivity contribution >= 4 is 8.07 Å². The Morgan fingerprint density at radius 3 is 2.06 bits per heavy atom. The molecule has 0 saturated carbocycles. The van der Waals surface area contributed by atoms with Crippen LogP contribution >= 0.6 is 0 Å². The van der Waals surface area contributed by atoms with Crippen molar-refractivity contribution in [2.75, 3.05) is 34.2 Å². The van der Waals surface area contributed by atoms with Gasteiger partial charge in [-0.15, -0.1) is 0 Å². The van der Waals surface area contributed by atoms with E-state index in [1.54, 1.807) is 0 Å². The van der Waals surface area contributed by atoms with Gasteiger partial charge in [-0.25, -0.2) is 18.2 Å². The molecule has 0 bridgehead atoms. The van der Waals surface area contributed by atoms with E-state index >= 15 is 0 Å². The number of nitrogens with zero attached hydrogens (tertiary/aromatic N) is 2. The summed E-state index contributed by atoms with van der Waals surface area (Å²) in [4.78, 5) is 4.59. The molecule has 2 nitrogen and oxygen atoms in total. The van der Waals surface area contributed by atoms with E-state index in [2.05, 4.69) is 70.1 Å². The number of rotatable bonds is 7. The van der Waals surface area contributed by atoms with E-state index in [1.165, 1.54) is 5.57 Å². The van der Waals surface area contributed by atoms with Crippen LogP contribution < -0.4 is 0 Å². The van der Waals surface area contributed by atoms with Gasteiger partial charge in [0, 0.05) is 13.1 Å². The molecule has 96 valence electrons. The lowest BCUT2D eigenvalue weighted by molar-refractivity contribution is 0.252. The molecular weight excluding hydrogens is 212 g/mol. The van der Waals surface area contributed by atoms with Crippen LogP contribution in [0.4, 0.5) is 0 Å². The van der Waals surface area contributed by atoms with Crippen LogP contribution in [0, 0.1) is 6.04 Å². The molecule has 0 rings (SSSR count). The highest BCUT2D eigenvalue weighted by Crippen LogP contribution is 2.17. The Morgan fingerprint density at radius 2 is 1.69 bits per heavy atom. The zero-order chi connectivity index (χ0) is 12.9. The first kappa shape index (κ1) is 15.7. The molecule has 0 fully saturated rings. The minimum Gasteiger partial charge on any atom is -0.308 e. The predicted octanol–water partition coefficient (Wildman–Crippen LogP) is 2.51. The largest absolute Gasteiger partial charge is 0.308 e. The molecule has 16 heavy (non-hydrogen) atoms. The summed E-state index contributed by atoms with van der Waals surface area (Å²) in [6, 6.07) is 2.86. The second kappa shape index (κ2) is 6.47. The van der Waals surface area contributed by atoms with Gasteiger partial charge in [0.2, 0.25) is 0 Å². The van der Waals surface area contributed by atoms with E-state index in [0.717, 1.165) is 13.1 Å². The normalized spacial score (nSPS) is 14.3. The Balaban J connectivity index is 4.12. The van der Waals surface area contributed by atoms with Crippen LogP contribution in [0.1, 0.15) is 6.92 Å². The summed E-state index contributed by atoms with van der Waals surface area (Å²) >= 11 is 0. The lowest BCUT2D eigenvalue weighted by Gasteiger charge is -2.35. The standard InChI is InChI=1S/C13H29N2Si/c1-12(11-16(6,7)8)13(2)15(5)10-9-14(3)4/h11,13H,1,9-10H2,2-8H3/q-1. The molecule has 0 aliphatic heterocycles. The highest BCUT2D eigenvalue weighted by molar-refractivity contribution is 6.80. The molecule has 0 saturated heterocycles. The maximum atomic E-state index is 4.21. The Bertz CT molecular complexity index is 218. The Kier molecular flexibility index (Phi) is 6.37. The van der Waals surface area contributed by atoms with E-state index in [1.807, 2.05) is 0 Å². The van der Waals surface area contributed by atoms with Crippen LogP contribution in [0.2, 0.25) is 19.6 Å². The molecule has 0 aromatic carbocycles. The summed E-state index contributed by atoms with van der Waals surface area (Å²) in [6.45, 7) is 15.7. The third kappa shape index (κ3) is 7.09. The highest BCUT2D eigenvalue weighted by Gasteiger charge is 2.13. The molecule has 0 spiro atoms. The molecule has 0 aliphatic rings. The molecule has 1 atom stereocenters. The van der Waals surface area contributed by atoms with Gasteiger partial charge in [0.05, 0.1) is 0 Å². The zero-order valence-corrected chi connectivity index (χ0v) is 13.2. The third-order valence-corrected chi connectivity index (χ3v) is 3.95. The molecule has 0 N–H and O–H groups in total. The quantitative estimate of drug-likeness (QED) is 0.499. The maximum Gasteiger partial charge on any atom is 0.0111 e. The van der Waals surface area contributed by atoms with Crippen molar-refractivity contribution in [3.63, 3.8) is 0 Å². The number of hydrogen-bond acceptors (Lipinski definition) is 2. The van der Waals surface area contributed by atoms with Crippen LogP contribution in [0.3, 0.4) is 0 Å². The minimum absolute atomic E-state index is 0.451. The van der Waals surface area contributed by atoms with Crippen LogP contribution in [-0.4, -0.2) is 58.1 Å². The van der Waals surface area contributed by atoms with Gasteiger partial charge < -0.3 is 9.80 Å². The second-order valence-electron chi connectivity index (χ2n) is 6.05. The Labute approximate surface area is 103 Å². The van der Waals surface area contributed by atoms with Crippen molar-refractivity contribution < 1.29 is 0 Å². The maximum absolute atomic E-state index is 4.21. The van der Waals surface area contributed by atoms with Gasteiger partial charge in [-0.05, 0) is 42.2 Å². The fraction of sp³-hybridized carbons (Fsp3) is 0.769. The summed E-state index contributed by atoms with van der Waals surface area (Å²) < 4.78 is 0. The summed E-state index contributed by atoms with van der Waals surface area (Å²) in [5.41, 5.74) is 1.28. The minimum atomic E-state index is -1.14. The van der Waals surface area contributed by atoms with E-state index in [4.69, 9.17) is 0 Å². The summed E-state index contributed by atoms with van der Waals surface area (Å²) in [6.07, 6.45) is 0. The monoisotopic (exact) mass is 241 g/mol. The molecule has 0 aromatic heterocycles. The molecular formula is C13H29N2Si-. The van der Waals surface area contributed by atoms with Gasteiger partial charge in [0.1, 0.15) is 0 Å². The number of hydrogen-bond donors (Lipinski definition) is 0. The summed E-state index contributed by atoms with van der Waals surface area (Å²) in [7, 11) is 5.27. The van der Waals surface area contributed by atoms with Crippen molar-refractivity contribution in [1.29, 1.82) is 0 Å². The van der Waals surface area contributed by atoms with E-state index in [-0.39, 0.29) is 0 Å². The first-order chi connectivity index (χ1) is 7.13. The molecule has 0 aromatic rings. The first-order valence-electron chi connectivity index (χ1n) is 6.03. The fourth-order valence-electron chi connectivity index (χ4n) is 1.51. The van der Waals surface area contributed by atoms with E-state index in [9.17, 15) is 0 Å². The van der Waals surface area contributed by atoms with Crippen molar-refractivity contribution in [2.24, 2.45) is 0 Å². The van der Waals surface area contributed by atoms with Gasteiger partial charge in [0.15, 0.2) is 0 Å². The van der Waals surface area contributed by atoms with Gasteiger partial charge in [0.25, 0.3) is 0 Å². The summed E-state index contributed by atoms with van der Waals surface area (Å²) in [5, 5.41) is 0. The van der Waals surface area contributed by atoms with E-state index in [0.29, 0.717) is 6.04 Å². The van der Waals surface area contributed by atoms with Gasteiger partial charge >= 0.3 is 0 Å². The molecule has 0 radical (unpaired) electrons. The highest BCUT2D eigenvalue weighted by atomic mass is 28.3. The van der Waals surface area contributed by atoms with Crippen molar-refractivity contribution in [1.82, 2.24) is 9.80 Å². The smallest absolute Gasteiger partial charge is 0.0111 e. The lowest BCUT2D eigenvalue weighted by atomic mass is 10.1. The van der Waals surface area contributed by atoms with Crippen LogP contribution in [0.5, 0.6) is 0 Å². The zero-order valence-electron chi connectivity index (χ0n) is 12.2. The van der Waals surface area contributed by atoms with Gasteiger partial charge in [-0.2, -0.15) is 0 Å². The molecule has 0 heterocycles. The third-order valence-electron chi connectivity index (χ3n) is 2.72. The van der Waals surface area contributed by atoms with Crippen molar-refractivity contribution in [3.05, 3.63) is 18.2 Å². The topological polar surface area (TPSA) is 6.48 Å². The SMILES string of the molecule is C=C([CH-][Si](C)(C)C)C(C)N(C)CCN(C)C. The fourth-order valence-corrected chi connectivity index (χ4v) is 2.86. The lowest BCUT2D eigenvalue weighted by Crippen LogP contribution is -2.38. The molecule has 3 heteroatoms. The van der Waals surface area contributed by atoms with Crippen LogP contribution in [0.25, 0.3) is 0 Å². The van der Waals surface area contributed by atoms with Crippen LogP contribution in [-0.2, 0) is 0 Å². The average molecular weight is 241 g/mol. The van der Waals surface area contributed by atoms with Crippen LogP contribution in [0.15, 0.2) is 12.2 Å². The van der Waals surface area contributed by atoms with Crippen molar-refractivity contribution in [3.8, 4) is 0 Å². The van der Waals surface area contributed by atoms with Crippen molar-refractivity contribution in [2.45, 2.75) is 32.6 Å². The molecule has 0 aliphatic carbocycles. The van der Waals surface area contributed by atoms with Gasteiger partial charge in [-0.3, -0.25) is 0 Å². The second-order valence-corrected chi connectivity index (χ2v) is 11.1.